The summed E-state index contributed by atoms with van der Waals surface area (Å²) in [6.07, 6.45) is 0. The van der Waals surface area contributed by atoms with Gasteiger partial charge in [0.2, 0.25) is 11.6 Å². The first kappa shape index (κ1) is 13.0. The smallest absolute Gasteiger partial charge is 0.362 e. The third kappa shape index (κ3) is 2.54. The number of aromatic nitrogens is 1. The Bertz CT molecular complexity index is 624. The van der Waals surface area contributed by atoms with Gasteiger partial charge in [0.25, 0.3) is 0 Å². The van der Waals surface area contributed by atoms with Crippen molar-refractivity contribution in [2.45, 2.75) is 6.92 Å². The van der Waals surface area contributed by atoms with E-state index in [1.807, 2.05) is 0 Å². The van der Waals surface area contributed by atoms with Crippen LogP contribution in [0.2, 0.25) is 0 Å². The van der Waals surface area contributed by atoms with E-state index in [-0.39, 0.29) is 24.0 Å². The number of benzene rings is 1. The van der Waals surface area contributed by atoms with Crippen molar-refractivity contribution >= 4 is 5.97 Å². The average molecular weight is 269 g/mol. The van der Waals surface area contributed by atoms with E-state index in [0.29, 0.717) is 6.07 Å². The number of aromatic carboxylic acids is 1. The maximum Gasteiger partial charge on any atom is 0.362 e. The van der Waals surface area contributed by atoms with E-state index in [2.05, 4.69) is 4.98 Å². The molecule has 0 aliphatic rings. The van der Waals surface area contributed by atoms with Gasteiger partial charge in [-0.1, -0.05) is 0 Å². The molecule has 0 fully saturated rings. The van der Waals surface area contributed by atoms with Gasteiger partial charge in [0.05, 0.1) is 12.2 Å². The topological polar surface area (TPSA) is 72.6 Å². The summed E-state index contributed by atoms with van der Waals surface area (Å²) in [5, 5.41) is 8.91. The number of carbonyl (C=O) groups is 1. The second kappa shape index (κ2) is 5.05. The standard InChI is InChI=1S/C12H9F2NO4/c1-2-18-12-9(11(16)17)15-10(19-12)7-4-3-6(13)5-8(7)14/h3-5H,2H2,1H3,(H,16,17). The molecule has 1 heterocycles. The van der Waals surface area contributed by atoms with Crippen LogP contribution in [0.15, 0.2) is 22.6 Å². The predicted molar refractivity (Wildman–Crippen MR) is 60.0 cm³/mol. The molecule has 100 valence electrons. The Morgan fingerprint density at radius 1 is 1.47 bits per heavy atom. The number of nitrogens with zero attached hydrogens (tertiary/aromatic N) is 1. The quantitative estimate of drug-likeness (QED) is 0.923. The first-order valence-electron chi connectivity index (χ1n) is 5.35. The van der Waals surface area contributed by atoms with E-state index in [4.69, 9.17) is 14.3 Å². The minimum Gasteiger partial charge on any atom is -0.476 e. The predicted octanol–water partition coefficient (Wildman–Crippen LogP) is 2.72. The summed E-state index contributed by atoms with van der Waals surface area (Å²) >= 11 is 0. The largest absolute Gasteiger partial charge is 0.476 e. The number of rotatable bonds is 4. The first-order valence-corrected chi connectivity index (χ1v) is 5.35. The molecule has 1 aromatic carbocycles. The van der Waals surface area contributed by atoms with E-state index in [1.54, 1.807) is 6.92 Å². The van der Waals surface area contributed by atoms with E-state index < -0.39 is 23.3 Å². The van der Waals surface area contributed by atoms with Crippen LogP contribution in [0.3, 0.4) is 0 Å². The molecule has 7 heteroatoms. The van der Waals surface area contributed by atoms with Crippen molar-refractivity contribution in [2.24, 2.45) is 0 Å². The van der Waals surface area contributed by atoms with Gasteiger partial charge in [0.1, 0.15) is 11.6 Å². The molecule has 1 N–H and O–H groups in total. The Kier molecular flexibility index (Phi) is 3.46. The summed E-state index contributed by atoms with van der Waals surface area (Å²) in [6.45, 7) is 1.80. The number of ether oxygens (including phenoxy) is 1. The van der Waals surface area contributed by atoms with Gasteiger partial charge in [-0.25, -0.2) is 13.6 Å². The number of oxazole rings is 1. The van der Waals surface area contributed by atoms with Gasteiger partial charge in [-0.05, 0) is 19.1 Å². The molecule has 1 aromatic heterocycles. The first-order chi connectivity index (χ1) is 9.02. The molecular weight excluding hydrogens is 260 g/mol. The Balaban J connectivity index is 2.50. The molecule has 19 heavy (non-hydrogen) atoms. The van der Waals surface area contributed by atoms with Crippen LogP contribution in [0, 0.1) is 11.6 Å². The Morgan fingerprint density at radius 2 is 2.21 bits per heavy atom. The van der Waals surface area contributed by atoms with Crippen molar-refractivity contribution in [3.63, 3.8) is 0 Å². The SMILES string of the molecule is CCOc1oc(-c2ccc(F)cc2F)nc1C(=O)O. The van der Waals surface area contributed by atoms with Gasteiger partial charge in [0.15, 0.2) is 0 Å². The highest BCUT2D eigenvalue weighted by molar-refractivity contribution is 5.88. The van der Waals surface area contributed by atoms with E-state index >= 15 is 0 Å². The Hall–Kier alpha value is -2.44. The lowest BCUT2D eigenvalue weighted by molar-refractivity contribution is 0.0683. The Labute approximate surface area is 106 Å². The molecule has 2 aromatic rings. The lowest BCUT2D eigenvalue weighted by atomic mass is 10.2. The average Bonchev–Trinajstić information content (AvgIpc) is 2.73. The maximum atomic E-state index is 13.5. The molecule has 0 unspecified atom stereocenters. The van der Waals surface area contributed by atoms with Crippen LogP contribution in [0.1, 0.15) is 17.4 Å². The third-order valence-corrected chi connectivity index (χ3v) is 2.24. The molecule has 0 saturated heterocycles. The van der Waals surface area contributed by atoms with Crippen LogP contribution in [0.25, 0.3) is 11.5 Å². The summed E-state index contributed by atoms with van der Waals surface area (Å²) < 4.78 is 36.3. The number of hydrogen-bond donors (Lipinski definition) is 1. The number of hydrogen-bond acceptors (Lipinski definition) is 4. The molecule has 0 radical (unpaired) electrons. The van der Waals surface area contributed by atoms with E-state index in [0.717, 1.165) is 12.1 Å². The molecule has 5 nitrogen and oxygen atoms in total. The van der Waals surface area contributed by atoms with Crippen molar-refractivity contribution in [1.82, 2.24) is 4.98 Å². The van der Waals surface area contributed by atoms with Crippen molar-refractivity contribution in [3.8, 4) is 17.4 Å². The summed E-state index contributed by atoms with van der Waals surface area (Å²) in [5.41, 5.74) is -0.601. The molecular formula is C12H9F2NO4. The second-order valence-electron chi connectivity index (χ2n) is 3.52. The van der Waals surface area contributed by atoms with Crippen LogP contribution < -0.4 is 4.74 Å². The fourth-order valence-corrected chi connectivity index (χ4v) is 1.45. The fraction of sp³-hybridized carbons (Fsp3) is 0.167. The minimum atomic E-state index is -1.36. The molecule has 0 aliphatic heterocycles. The molecule has 2 rings (SSSR count). The summed E-state index contributed by atoms with van der Waals surface area (Å²) in [4.78, 5) is 14.6. The highest BCUT2D eigenvalue weighted by Crippen LogP contribution is 2.29. The van der Waals surface area contributed by atoms with Crippen LogP contribution in [-0.4, -0.2) is 22.7 Å². The molecule has 0 bridgehead atoms. The minimum absolute atomic E-state index is 0.144. The number of carboxylic acid groups (broad SMARTS) is 1. The van der Waals surface area contributed by atoms with Crippen molar-refractivity contribution < 1.29 is 27.8 Å². The van der Waals surface area contributed by atoms with Crippen LogP contribution in [0.4, 0.5) is 8.78 Å². The fourth-order valence-electron chi connectivity index (χ4n) is 1.45. The Morgan fingerprint density at radius 3 is 2.79 bits per heavy atom. The van der Waals surface area contributed by atoms with E-state index in [9.17, 15) is 13.6 Å². The normalized spacial score (nSPS) is 10.5. The van der Waals surface area contributed by atoms with Crippen molar-refractivity contribution in [2.75, 3.05) is 6.61 Å². The molecule has 0 aliphatic carbocycles. The van der Waals surface area contributed by atoms with Gasteiger partial charge in [-0.2, -0.15) is 4.98 Å². The summed E-state index contributed by atoms with van der Waals surface area (Å²) in [7, 11) is 0. The number of halogens is 2. The van der Waals surface area contributed by atoms with Crippen molar-refractivity contribution in [3.05, 3.63) is 35.5 Å². The zero-order valence-electron chi connectivity index (χ0n) is 9.81. The zero-order chi connectivity index (χ0) is 14.0. The van der Waals surface area contributed by atoms with Gasteiger partial charge in [0, 0.05) is 6.07 Å². The second-order valence-corrected chi connectivity index (χ2v) is 3.52. The van der Waals surface area contributed by atoms with E-state index in [1.165, 1.54) is 0 Å². The zero-order valence-corrected chi connectivity index (χ0v) is 9.81. The van der Waals surface area contributed by atoms with Gasteiger partial charge >= 0.3 is 11.9 Å². The van der Waals surface area contributed by atoms with Gasteiger partial charge < -0.3 is 14.3 Å². The van der Waals surface area contributed by atoms with Crippen LogP contribution >= 0.6 is 0 Å². The number of carboxylic acids is 1. The lowest BCUT2D eigenvalue weighted by Crippen LogP contribution is -2.01. The summed E-state index contributed by atoms with van der Waals surface area (Å²) in [6, 6.07) is 2.78. The van der Waals surface area contributed by atoms with Crippen molar-refractivity contribution in [1.29, 1.82) is 0 Å². The third-order valence-electron chi connectivity index (χ3n) is 2.24. The highest BCUT2D eigenvalue weighted by Gasteiger charge is 2.23. The molecule has 0 saturated carbocycles. The summed E-state index contributed by atoms with van der Waals surface area (Å²) in [5.74, 6) is -3.61. The molecule has 0 atom stereocenters. The maximum absolute atomic E-state index is 13.5. The molecule has 0 spiro atoms. The van der Waals surface area contributed by atoms with Gasteiger partial charge in [-0.3, -0.25) is 0 Å². The van der Waals surface area contributed by atoms with Gasteiger partial charge in [-0.15, -0.1) is 0 Å². The monoisotopic (exact) mass is 269 g/mol. The lowest BCUT2D eigenvalue weighted by Gasteiger charge is -1.98. The molecule has 0 amide bonds. The highest BCUT2D eigenvalue weighted by atomic mass is 19.1. The van der Waals surface area contributed by atoms with Crippen LogP contribution in [0.5, 0.6) is 5.95 Å². The van der Waals surface area contributed by atoms with Crippen LogP contribution in [-0.2, 0) is 0 Å².